The van der Waals surface area contributed by atoms with E-state index in [4.69, 9.17) is 15.2 Å². The standard InChI is InChI=1S/CH2O4.4Na.H2O8S2/c2-1(3)5-4;;;;;1-9(2,3)7-8-10(4,5)6/h4H,(H,2,3);;;;;(H,1,2,3)(H,4,5,6)/q;4*+1;/p-4. The maximum atomic E-state index is 9.37. The maximum Gasteiger partial charge on any atom is 1.00 e. The minimum atomic E-state index is -5.31. The molecule has 0 fully saturated rings. The third-order valence-corrected chi connectivity index (χ3v) is 0.818. The summed E-state index contributed by atoms with van der Waals surface area (Å²) in [5.74, 6) is 0. The van der Waals surface area contributed by atoms with Gasteiger partial charge < -0.3 is 29.2 Å². The Labute approximate surface area is 196 Å². The molecule has 0 N–H and O–H groups in total. The molecule has 0 rings (SSSR count). The first-order valence-electron chi connectivity index (χ1n) is 2.28. The minimum absolute atomic E-state index is 0. The van der Waals surface area contributed by atoms with Crippen molar-refractivity contribution >= 4 is 27.0 Å². The molecule has 0 aliphatic rings. The predicted molar refractivity (Wildman–Crippen MR) is 28.0 cm³/mol. The van der Waals surface area contributed by atoms with E-state index in [1.807, 2.05) is 0 Å². The molecule has 19 heavy (non-hydrogen) atoms. The second kappa shape index (κ2) is 19.0. The van der Waals surface area contributed by atoms with Crippen molar-refractivity contribution in [2.24, 2.45) is 0 Å². The Morgan fingerprint density at radius 3 is 1.00 bits per heavy atom. The molecule has 18 heteroatoms. The average molecular weight is 360 g/mol. The van der Waals surface area contributed by atoms with Gasteiger partial charge in [0.2, 0.25) is 27.0 Å². The molecule has 0 unspecified atom stereocenters. The van der Waals surface area contributed by atoms with Gasteiger partial charge in [0.25, 0.3) is 0 Å². The molecule has 0 amide bonds. The first kappa shape index (κ1) is 37.9. The van der Waals surface area contributed by atoms with Gasteiger partial charge in [-0.3, -0.25) is 0 Å². The first-order valence-corrected chi connectivity index (χ1v) is 4.95. The van der Waals surface area contributed by atoms with E-state index in [0.29, 0.717) is 0 Å². The molecule has 0 spiro atoms. The molecule has 0 aliphatic carbocycles. The largest absolute Gasteiger partial charge is 1.00 e. The molecule has 12 nitrogen and oxygen atoms in total. The number of carboxylic acid groups (broad SMARTS) is 1. The molecular weight excluding hydrogens is 360 g/mol. The normalized spacial score (nSPS) is 8.79. The Morgan fingerprint density at radius 2 is 0.947 bits per heavy atom. The fourth-order valence-electron chi connectivity index (χ4n) is 0.0680. The molecule has 0 radical (unpaired) electrons. The van der Waals surface area contributed by atoms with Gasteiger partial charge in [0.05, 0.1) is 0 Å². The monoisotopic (exact) mass is 360 g/mol. The van der Waals surface area contributed by atoms with E-state index >= 15 is 0 Å². The van der Waals surface area contributed by atoms with Gasteiger partial charge in [-0.05, 0) is 0 Å². The predicted octanol–water partition coefficient (Wildman–Crippen LogP) is -16.5. The van der Waals surface area contributed by atoms with Gasteiger partial charge in [0.15, 0.2) is 0 Å². The molecule has 0 saturated carbocycles. The van der Waals surface area contributed by atoms with E-state index in [-0.39, 0.29) is 118 Å². The van der Waals surface area contributed by atoms with Crippen molar-refractivity contribution < 1.29 is 173 Å². The van der Waals surface area contributed by atoms with Crippen LogP contribution < -0.4 is 129 Å². The number of rotatable bonds is 3. The molecule has 0 aliphatic heterocycles. The van der Waals surface area contributed by atoms with E-state index in [0.717, 1.165) is 0 Å². The molecule has 0 saturated heterocycles. The van der Waals surface area contributed by atoms with Crippen molar-refractivity contribution in [1.82, 2.24) is 0 Å². The van der Waals surface area contributed by atoms with Crippen molar-refractivity contribution in [3.05, 3.63) is 0 Å². The maximum absolute atomic E-state index is 9.37. The SMILES string of the molecule is O=C([O-])O[O-].O=S(=O)([O-])OOS(=O)(=O)[O-].[Na+].[Na+].[Na+].[Na+]. The van der Waals surface area contributed by atoms with Crippen LogP contribution in [0, 0.1) is 0 Å². The third kappa shape index (κ3) is 52.7. The summed E-state index contributed by atoms with van der Waals surface area (Å²) in [6.45, 7) is 0. The third-order valence-electron chi connectivity index (χ3n) is 0.262. The van der Waals surface area contributed by atoms with Crippen LogP contribution in [0.4, 0.5) is 4.79 Å². The van der Waals surface area contributed by atoms with Crippen LogP contribution >= 0.6 is 0 Å². The molecule has 0 aromatic carbocycles. The second-order valence-corrected chi connectivity index (χ2v) is 3.19. The summed E-state index contributed by atoms with van der Waals surface area (Å²) in [6.07, 6.45) is -2.05. The Balaban J connectivity index is -0.0000000418. The van der Waals surface area contributed by atoms with E-state index in [9.17, 15) is 25.9 Å². The van der Waals surface area contributed by atoms with Gasteiger partial charge >= 0.3 is 118 Å². The average Bonchev–Trinajstić information content (AvgIpc) is 2.00. The van der Waals surface area contributed by atoms with Gasteiger partial charge in [-0.2, -0.15) is 0 Å². The molecule has 0 heterocycles. The van der Waals surface area contributed by atoms with Crippen molar-refractivity contribution in [2.45, 2.75) is 0 Å². The van der Waals surface area contributed by atoms with Crippen molar-refractivity contribution in [3.8, 4) is 0 Å². The van der Waals surface area contributed by atoms with E-state index in [2.05, 4.69) is 13.6 Å². The van der Waals surface area contributed by atoms with Crippen LogP contribution in [0.15, 0.2) is 0 Å². The summed E-state index contributed by atoms with van der Waals surface area (Å²) < 4.78 is 61.5. The number of hydrogen-bond donors (Lipinski definition) is 0. The Morgan fingerprint density at radius 1 is 0.789 bits per heavy atom. The zero-order valence-electron chi connectivity index (χ0n) is 10.2. The summed E-state index contributed by atoms with van der Waals surface area (Å²) in [4.78, 5) is 11.0. The quantitative estimate of drug-likeness (QED) is 0.151. The van der Waals surface area contributed by atoms with Crippen LogP contribution in [-0.4, -0.2) is 32.1 Å². The van der Waals surface area contributed by atoms with Crippen molar-refractivity contribution in [1.29, 1.82) is 0 Å². The van der Waals surface area contributed by atoms with Gasteiger partial charge in [0, 0.05) is 0 Å². The number of hydrogen-bond acceptors (Lipinski definition) is 12. The van der Waals surface area contributed by atoms with Gasteiger partial charge in [-0.15, -0.1) is 8.67 Å². The summed E-state index contributed by atoms with van der Waals surface area (Å²) in [5.41, 5.74) is 0. The molecule has 0 aromatic rings. The van der Waals surface area contributed by atoms with Crippen LogP contribution in [0.5, 0.6) is 0 Å². The summed E-state index contributed by atoms with van der Waals surface area (Å²) >= 11 is 0. The van der Waals surface area contributed by atoms with Crippen LogP contribution in [0.3, 0.4) is 0 Å². The zero-order chi connectivity index (χ0) is 12.7. The van der Waals surface area contributed by atoms with Crippen LogP contribution in [0.25, 0.3) is 0 Å². The number of carbonyl (C=O) groups excluding carboxylic acids is 1. The van der Waals surface area contributed by atoms with E-state index in [1.165, 1.54) is 0 Å². The number of carbonyl (C=O) groups is 1. The van der Waals surface area contributed by atoms with Crippen LogP contribution in [-0.2, 0) is 34.4 Å². The molecule has 0 bridgehead atoms. The molecule has 0 aromatic heterocycles. The van der Waals surface area contributed by atoms with Crippen LogP contribution in [0.1, 0.15) is 0 Å². The van der Waals surface area contributed by atoms with Crippen LogP contribution in [0.2, 0.25) is 0 Å². The second-order valence-electron chi connectivity index (χ2n) is 1.29. The van der Waals surface area contributed by atoms with Gasteiger partial charge in [-0.1, -0.05) is 0 Å². The van der Waals surface area contributed by atoms with Crippen molar-refractivity contribution in [2.75, 3.05) is 0 Å². The van der Waals surface area contributed by atoms with Gasteiger partial charge in [0.1, 0.15) is 0 Å². The summed E-state index contributed by atoms with van der Waals surface area (Å²) in [7, 11) is -10.6. The fraction of sp³-hybridized carbons (Fsp3) is 0. The molecule has 92 valence electrons. The summed E-state index contributed by atoms with van der Waals surface area (Å²) in [5, 5.41) is 17.2. The summed E-state index contributed by atoms with van der Waals surface area (Å²) in [6, 6.07) is 0. The Bertz CT molecular complexity index is 352. The van der Waals surface area contributed by atoms with E-state index < -0.39 is 27.0 Å². The first-order chi connectivity index (χ1) is 6.48. The fourth-order valence-corrected chi connectivity index (χ4v) is 0.612. The molecule has 0 atom stereocenters. The zero-order valence-corrected chi connectivity index (χ0v) is 19.8. The van der Waals surface area contributed by atoms with E-state index in [1.54, 1.807) is 0 Å². The van der Waals surface area contributed by atoms with Gasteiger partial charge in [-0.25, -0.2) is 16.8 Å². The topological polar surface area (TPSA) is 205 Å². The smallest absolute Gasteiger partial charge is 0.755 e. The minimum Gasteiger partial charge on any atom is -0.755 e. The molecular formula is CNa4O12S2. The Hall–Kier alpha value is 2.97. The Kier molecular flexibility index (Phi) is 37.9. The van der Waals surface area contributed by atoms with Crippen molar-refractivity contribution in [3.63, 3.8) is 0 Å².